The molecule has 0 N–H and O–H groups in total. The number of benzene rings is 2. The van der Waals surface area contributed by atoms with Gasteiger partial charge in [-0.05, 0) is 35.6 Å². The van der Waals surface area contributed by atoms with Gasteiger partial charge in [0.1, 0.15) is 0 Å². The van der Waals surface area contributed by atoms with E-state index in [1.54, 1.807) is 0 Å². The first-order chi connectivity index (χ1) is 11.1. The molecule has 3 heteroatoms. The van der Waals surface area contributed by atoms with Gasteiger partial charge < -0.3 is 0 Å². The van der Waals surface area contributed by atoms with E-state index in [1.807, 2.05) is 12.1 Å². The van der Waals surface area contributed by atoms with Gasteiger partial charge in [0.05, 0.1) is 19.4 Å². The van der Waals surface area contributed by atoms with Crippen molar-refractivity contribution in [3.8, 4) is 0 Å². The van der Waals surface area contributed by atoms with Crippen LogP contribution in [-0.4, -0.2) is 29.7 Å². The standard InChI is InChI=1S/C20H25ClN2/c1-16(2)12-13-22-14-23(15-22)20(17-6-4-3-5-7-17)18-8-10-19(21)11-9-18/h3-11,16,20H,12-15H2,1-2H3. The molecule has 0 aliphatic carbocycles. The fourth-order valence-electron chi connectivity index (χ4n) is 3.11. The zero-order valence-electron chi connectivity index (χ0n) is 14.0. The van der Waals surface area contributed by atoms with Crippen LogP contribution in [0.4, 0.5) is 0 Å². The van der Waals surface area contributed by atoms with Crippen molar-refractivity contribution in [2.24, 2.45) is 5.92 Å². The highest BCUT2D eigenvalue weighted by Gasteiger charge is 2.31. The Labute approximate surface area is 144 Å². The van der Waals surface area contributed by atoms with Crippen molar-refractivity contribution in [2.45, 2.75) is 26.3 Å². The van der Waals surface area contributed by atoms with E-state index < -0.39 is 0 Å². The molecule has 2 nitrogen and oxygen atoms in total. The second-order valence-electron chi connectivity index (χ2n) is 6.81. The van der Waals surface area contributed by atoms with E-state index >= 15 is 0 Å². The molecule has 1 aliphatic heterocycles. The molecule has 1 saturated heterocycles. The third-order valence-electron chi connectivity index (χ3n) is 4.45. The average Bonchev–Trinajstić information content (AvgIpc) is 2.51. The lowest BCUT2D eigenvalue weighted by molar-refractivity contribution is -0.0528. The molecule has 3 rings (SSSR count). The molecule has 1 fully saturated rings. The quantitative estimate of drug-likeness (QED) is 0.735. The summed E-state index contributed by atoms with van der Waals surface area (Å²) in [4.78, 5) is 5.05. The summed E-state index contributed by atoms with van der Waals surface area (Å²) in [5, 5.41) is 0.794. The van der Waals surface area contributed by atoms with E-state index in [9.17, 15) is 0 Å². The number of rotatable bonds is 6. The molecule has 122 valence electrons. The van der Waals surface area contributed by atoms with Gasteiger partial charge in [0.25, 0.3) is 0 Å². The SMILES string of the molecule is CC(C)CCN1CN(C(c2ccccc2)c2ccc(Cl)cc2)C1. The van der Waals surface area contributed by atoms with Gasteiger partial charge in [0, 0.05) is 11.6 Å². The third-order valence-corrected chi connectivity index (χ3v) is 4.70. The first-order valence-corrected chi connectivity index (χ1v) is 8.78. The molecule has 0 radical (unpaired) electrons. The molecule has 2 aromatic carbocycles. The largest absolute Gasteiger partial charge is 0.277 e. The molecule has 0 bridgehead atoms. The summed E-state index contributed by atoms with van der Waals surface area (Å²) >= 11 is 6.06. The first kappa shape index (κ1) is 16.5. The Morgan fingerprint density at radius 3 is 2.13 bits per heavy atom. The van der Waals surface area contributed by atoms with Crippen molar-refractivity contribution in [1.82, 2.24) is 9.80 Å². The smallest absolute Gasteiger partial charge is 0.0625 e. The van der Waals surface area contributed by atoms with Crippen LogP contribution in [-0.2, 0) is 0 Å². The third kappa shape index (κ3) is 4.14. The number of halogens is 1. The van der Waals surface area contributed by atoms with Crippen LogP contribution in [0.5, 0.6) is 0 Å². The second-order valence-corrected chi connectivity index (χ2v) is 7.25. The number of hydrogen-bond donors (Lipinski definition) is 0. The van der Waals surface area contributed by atoms with E-state index in [0.717, 1.165) is 24.3 Å². The molecular weight excluding hydrogens is 304 g/mol. The Morgan fingerprint density at radius 2 is 1.52 bits per heavy atom. The average molecular weight is 329 g/mol. The molecule has 23 heavy (non-hydrogen) atoms. The maximum atomic E-state index is 6.06. The molecule has 1 atom stereocenters. The minimum Gasteiger partial charge on any atom is -0.277 e. The van der Waals surface area contributed by atoms with Gasteiger partial charge in [0.15, 0.2) is 0 Å². The van der Waals surface area contributed by atoms with E-state index in [4.69, 9.17) is 11.6 Å². The van der Waals surface area contributed by atoms with Crippen LogP contribution < -0.4 is 0 Å². The van der Waals surface area contributed by atoms with Crippen LogP contribution in [0.2, 0.25) is 5.02 Å². The summed E-state index contributed by atoms with van der Waals surface area (Å²) in [6.07, 6.45) is 1.27. The lowest BCUT2D eigenvalue weighted by atomic mass is 9.96. The van der Waals surface area contributed by atoms with Crippen molar-refractivity contribution < 1.29 is 0 Å². The Kier molecular flexibility index (Phi) is 5.37. The topological polar surface area (TPSA) is 6.48 Å². The monoisotopic (exact) mass is 328 g/mol. The van der Waals surface area contributed by atoms with Crippen LogP contribution in [0.25, 0.3) is 0 Å². The van der Waals surface area contributed by atoms with Crippen LogP contribution in [0.3, 0.4) is 0 Å². The highest BCUT2D eigenvalue weighted by molar-refractivity contribution is 6.30. The van der Waals surface area contributed by atoms with Crippen molar-refractivity contribution >= 4 is 11.6 Å². The minimum absolute atomic E-state index is 0.309. The fourth-order valence-corrected chi connectivity index (χ4v) is 3.24. The van der Waals surface area contributed by atoms with E-state index in [2.05, 4.69) is 66.1 Å². The van der Waals surface area contributed by atoms with Gasteiger partial charge >= 0.3 is 0 Å². The van der Waals surface area contributed by atoms with Crippen LogP contribution >= 0.6 is 11.6 Å². The van der Waals surface area contributed by atoms with E-state index in [1.165, 1.54) is 24.1 Å². The molecule has 2 aromatic rings. The molecule has 1 aliphatic rings. The second kappa shape index (κ2) is 7.48. The summed E-state index contributed by atoms with van der Waals surface area (Å²) in [7, 11) is 0. The lowest BCUT2D eigenvalue weighted by Crippen LogP contribution is -2.56. The maximum Gasteiger partial charge on any atom is 0.0625 e. The molecule has 0 aromatic heterocycles. The van der Waals surface area contributed by atoms with Gasteiger partial charge in [-0.25, -0.2) is 0 Å². The van der Waals surface area contributed by atoms with Crippen LogP contribution in [0.1, 0.15) is 37.4 Å². The van der Waals surface area contributed by atoms with Crippen molar-refractivity contribution in [1.29, 1.82) is 0 Å². The zero-order chi connectivity index (χ0) is 16.2. The number of nitrogens with zero attached hydrogens (tertiary/aromatic N) is 2. The predicted octanol–water partition coefficient (Wildman–Crippen LogP) is 5.01. The molecular formula is C20H25ClN2. The Balaban J connectivity index is 1.74. The van der Waals surface area contributed by atoms with Crippen LogP contribution in [0, 0.1) is 5.92 Å². The Morgan fingerprint density at radius 1 is 0.913 bits per heavy atom. The van der Waals surface area contributed by atoms with E-state index in [-0.39, 0.29) is 0 Å². The highest BCUT2D eigenvalue weighted by Crippen LogP contribution is 2.33. The van der Waals surface area contributed by atoms with Gasteiger partial charge in [0.2, 0.25) is 0 Å². The summed E-state index contributed by atoms with van der Waals surface area (Å²) in [6, 6.07) is 19.3. The summed E-state index contributed by atoms with van der Waals surface area (Å²) in [5.74, 6) is 0.769. The van der Waals surface area contributed by atoms with Crippen LogP contribution in [0.15, 0.2) is 54.6 Å². The van der Waals surface area contributed by atoms with Gasteiger partial charge in [-0.1, -0.05) is 67.9 Å². The predicted molar refractivity (Wildman–Crippen MR) is 97.5 cm³/mol. The summed E-state index contributed by atoms with van der Waals surface area (Å²) in [5.41, 5.74) is 2.66. The molecule has 0 spiro atoms. The van der Waals surface area contributed by atoms with E-state index in [0.29, 0.717) is 6.04 Å². The van der Waals surface area contributed by atoms with Gasteiger partial charge in [-0.15, -0.1) is 0 Å². The van der Waals surface area contributed by atoms with Crippen molar-refractivity contribution in [3.05, 3.63) is 70.7 Å². The normalized spacial score (nSPS) is 17.2. The fraction of sp³-hybridized carbons (Fsp3) is 0.400. The Bertz CT molecular complexity index is 603. The van der Waals surface area contributed by atoms with Crippen molar-refractivity contribution in [2.75, 3.05) is 19.9 Å². The summed E-state index contributed by atoms with van der Waals surface area (Å²) < 4.78 is 0. The molecule has 1 unspecified atom stereocenters. The minimum atomic E-state index is 0.309. The van der Waals surface area contributed by atoms with Gasteiger partial charge in [-0.2, -0.15) is 0 Å². The highest BCUT2D eigenvalue weighted by atomic mass is 35.5. The maximum absolute atomic E-state index is 6.06. The molecule has 0 saturated carbocycles. The lowest BCUT2D eigenvalue weighted by Gasteiger charge is -2.47. The molecule has 0 amide bonds. The van der Waals surface area contributed by atoms with Gasteiger partial charge in [-0.3, -0.25) is 9.80 Å². The molecule has 1 heterocycles. The van der Waals surface area contributed by atoms with Crippen molar-refractivity contribution in [3.63, 3.8) is 0 Å². The number of hydrogen-bond acceptors (Lipinski definition) is 2. The Hall–Kier alpha value is -1.35. The summed E-state index contributed by atoms with van der Waals surface area (Å²) in [6.45, 7) is 7.84. The zero-order valence-corrected chi connectivity index (χ0v) is 14.7. The first-order valence-electron chi connectivity index (χ1n) is 8.40.